The number of aromatic nitrogens is 2. The van der Waals surface area contributed by atoms with E-state index < -0.39 is 0 Å². The molecule has 4 heteroatoms. The first-order valence-corrected chi connectivity index (χ1v) is 5.86. The summed E-state index contributed by atoms with van der Waals surface area (Å²) < 4.78 is 0. The molecule has 0 atom stereocenters. The number of hydrogen-bond acceptors (Lipinski definition) is 4. The number of hydrogen-bond donors (Lipinski definition) is 1. The summed E-state index contributed by atoms with van der Waals surface area (Å²) >= 11 is 0. The molecule has 88 valence electrons. The number of rotatable bonds is 2. The highest BCUT2D eigenvalue weighted by molar-refractivity contribution is 5.38. The summed E-state index contributed by atoms with van der Waals surface area (Å²) in [5.74, 6) is 1.91. The first-order chi connectivity index (χ1) is 7.63. The zero-order chi connectivity index (χ0) is 11.6. The van der Waals surface area contributed by atoms with Crippen LogP contribution in [-0.2, 0) is 0 Å². The molecule has 0 bridgehead atoms. The number of anilines is 1. The lowest BCUT2D eigenvalue weighted by Gasteiger charge is -2.39. The van der Waals surface area contributed by atoms with Gasteiger partial charge in [0.05, 0.1) is 0 Å². The van der Waals surface area contributed by atoms with E-state index in [9.17, 15) is 0 Å². The molecule has 1 saturated heterocycles. The fourth-order valence-corrected chi connectivity index (χ4v) is 2.10. The van der Waals surface area contributed by atoms with Crippen molar-refractivity contribution in [3.63, 3.8) is 0 Å². The van der Waals surface area contributed by atoms with Crippen molar-refractivity contribution >= 4 is 5.82 Å². The second-order valence-electron chi connectivity index (χ2n) is 4.76. The normalized spacial score (nSPS) is 19.8. The fraction of sp³-hybridized carbons (Fsp3) is 0.667. The van der Waals surface area contributed by atoms with Crippen LogP contribution in [0.1, 0.15) is 25.6 Å². The van der Waals surface area contributed by atoms with Crippen molar-refractivity contribution in [3.8, 4) is 0 Å². The minimum atomic E-state index is 0.290. The highest BCUT2D eigenvalue weighted by atomic mass is 15.2. The highest BCUT2D eigenvalue weighted by Gasteiger charge is 2.28. The van der Waals surface area contributed by atoms with Crippen LogP contribution in [0.25, 0.3) is 0 Å². The average molecular weight is 220 g/mol. The van der Waals surface area contributed by atoms with Crippen LogP contribution >= 0.6 is 0 Å². The predicted molar refractivity (Wildman–Crippen MR) is 65.7 cm³/mol. The van der Waals surface area contributed by atoms with Crippen molar-refractivity contribution in [3.05, 3.63) is 18.1 Å². The molecule has 16 heavy (non-hydrogen) atoms. The highest BCUT2D eigenvalue weighted by Crippen LogP contribution is 2.24. The third kappa shape index (κ3) is 2.32. The molecule has 0 saturated carbocycles. The van der Waals surface area contributed by atoms with E-state index in [0.29, 0.717) is 5.54 Å². The second kappa shape index (κ2) is 4.37. The van der Waals surface area contributed by atoms with E-state index in [1.807, 2.05) is 26.2 Å². The average Bonchev–Trinajstić information content (AvgIpc) is 2.30. The van der Waals surface area contributed by atoms with Crippen LogP contribution < -0.4 is 10.2 Å². The van der Waals surface area contributed by atoms with E-state index in [4.69, 9.17) is 0 Å². The first kappa shape index (κ1) is 11.3. The minimum absolute atomic E-state index is 0.290. The van der Waals surface area contributed by atoms with Crippen LogP contribution in [0.3, 0.4) is 0 Å². The SMILES string of the molecule is CNC1(C)CCN(c2ccnc(C)n2)CC1. The summed E-state index contributed by atoms with van der Waals surface area (Å²) in [6.45, 7) is 6.35. The molecule has 1 aromatic rings. The molecular weight excluding hydrogens is 200 g/mol. The zero-order valence-corrected chi connectivity index (χ0v) is 10.3. The van der Waals surface area contributed by atoms with Crippen molar-refractivity contribution < 1.29 is 0 Å². The molecule has 4 nitrogen and oxygen atoms in total. The van der Waals surface area contributed by atoms with Gasteiger partial charge >= 0.3 is 0 Å². The lowest BCUT2D eigenvalue weighted by Crippen LogP contribution is -2.50. The molecule has 0 amide bonds. The van der Waals surface area contributed by atoms with Crippen LogP contribution in [-0.4, -0.2) is 35.6 Å². The largest absolute Gasteiger partial charge is 0.356 e. The summed E-state index contributed by atoms with van der Waals surface area (Å²) in [5, 5.41) is 3.40. The second-order valence-corrected chi connectivity index (χ2v) is 4.76. The third-order valence-electron chi connectivity index (χ3n) is 3.56. The van der Waals surface area contributed by atoms with Crippen LogP contribution in [0.5, 0.6) is 0 Å². The molecule has 1 aromatic heterocycles. The Balaban J connectivity index is 2.04. The lowest BCUT2D eigenvalue weighted by molar-refractivity contribution is 0.304. The van der Waals surface area contributed by atoms with Crippen molar-refractivity contribution in [2.45, 2.75) is 32.2 Å². The monoisotopic (exact) mass is 220 g/mol. The zero-order valence-electron chi connectivity index (χ0n) is 10.3. The van der Waals surface area contributed by atoms with Crippen molar-refractivity contribution in [1.82, 2.24) is 15.3 Å². The standard InChI is InChI=1S/C12H20N4/c1-10-14-7-4-11(15-10)16-8-5-12(2,13-3)6-9-16/h4,7,13H,5-6,8-9H2,1-3H3. The number of nitrogens with zero attached hydrogens (tertiary/aromatic N) is 3. The maximum Gasteiger partial charge on any atom is 0.132 e. The van der Waals surface area contributed by atoms with E-state index in [1.165, 1.54) is 0 Å². The molecule has 2 heterocycles. The smallest absolute Gasteiger partial charge is 0.132 e. The van der Waals surface area contributed by atoms with Crippen molar-refractivity contribution in [2.24, 2.45) is 0 Å². The Morgan fingerprint density at radius 2 is 2.06 bits per heavy atom. The third-order valence-corrected chi connectivity index (χ3v) is 3.56. The van der Waals surface area contributed by atoms with Gasteiger partial charge in [0, 0.05) is 24.8 Å². The molecule has 0 unspecified atom stereocenters. The van der Waals surface area contributed by atoms with E-state index >= 15 is 0 Å². The Labute approximate surface area is 97.1 Å². The van der Waals surface area contributed by atoms with Gasteiger partial charge in [-0.1, -0.05) is 0 Å². The maximum absolute atomic E-state index is 4.46. The van der Waals surface area contributed by atoms with Gasteiger partial charge < -0.3 is 10.2 Å². The van der Waals surface area contributed by atoms with Gasteiger partial charge in [0.15, 0.2) is 0 Å². The molecule has 0 aromatic carbocycles. The number of aryl methyl sites for hydroxylation is 1. The van der Waals surface area contributed by atoms with Crippen LogP contribution in [0.2, 0.25) is 0 Å². The Bertz CT molecular complexity index is 356. The van der Waals surface area contributed by atoms with E-state index in [1.54, 1.807) is 0 Å². The molecule has 0 aliphatic carbocycles. The Hall–Kier alpha value is -1.16. The van der Waals surface area contributed by atoms with Crippen LogP contribution in [0.4, 0.5) is 5.82 Å². The van der Waals surface area contributed by atoms with Gasteiger partial charge in [-0.15, -0.1) is 0 Å². The summed E-state index contributed by atoms with van der Waals surface area (Å²) in [7, 11) is 2.05. The van der Waals surface area contributed by atoms with Gasteiger partial charge in [-0.05, 0) is 39.8 Å². The Morgan fingerprint density at radius 1 is 1.38 bits per heavy atom. The Morgan fingerprint density at radius 3 is 2.62 bits per heavy atom. The van der Waals surface area contributed by atoms with E-state index in [0.717, 1.165) is 37.6 Å². The molecular formula is C12H20N4. The summed E-state index contributed by atoms with van der Waals surface area (Å²) in [6, 6.07) is 2.00. The summed E-state index contributed by atoms with van der Waals surface area (Å²) in [4.78, 5) is 10.9. The summed E-state index contributed by atoms with van der Waals surface area (Å²) in [6.07, 6.45) is 4.16. The summed E-state index contributed by atoms with van der Waals surface area (Å²) in [5.41, 5.74) is 0.290. The maximum atomic E-state index is 4.46. The fourth-order valence-electron chi connectivity index (χ4n) is 2.10. The van der Waals surface area contributed by atoms with Gasteiger partial charge in [-0.25, -0.2) is 9.97 Å². The molecule has 0 radical (unpaired) electrons. The van der Waals surface area contributed by atoms with Gasteiger partial charge in [0.2, 0.25) is 0 Å². The number of nitrogens with one attached hydrogen (secondary N) is 1. The lowest BCUT2D eigenvalue weighted by atomic mass is 9.90. The number of piperidine rings is 1. The van der Waals surface area contributed by atoms with Gasteiger partial charge in [-0.3, -0.25) is 0 Å². The van der Waals surface area contributed by atoms with Crippen molar-refractivity contribution in [2.75, 3.05) is 25.0 Å². The minimum Gasteiger partial charge on any atom is -0.356 e. The molecule has 1 N–H and O–H groups in total. The van der Waals surface area contributed by atoms with E-state index in [-0.39, 0.29) is 0 Å². The topological polar surface area (TPSA) is 41.0 Å². The van der Waals surface area contributed by atoms with Gasteiger partial charge in [0.25, 0.3) is 0 Å². The van der Waals surface area contributed by atoms with Crippen LogP contribution in [0, 0.1) is 6.92 Å². The van der Waals surface area contributed by atoms with Crippen molar-refractivity contribution in [1.29, 1.82) is 0 Å². The molecule has 0 spiro atoms. The Kier molecular flexibility index (Phi) is 3.10. The quantitative estimate of drug-likeness (QED) is 0.817. The molecule has 1 aliphatic rings. The van der Waals surface area contributed by atoms with Gasteiger partial charge in [-0.2, -0.15) is 0 Å². The predicted octanol–water partition coefficient (Wildman–Crippen LogP) is 1.36. The van der Waals surface area contributed by atoms with Gasteiger partial charge in [0.1, 0.15) is 11.6 Å². The molecule has 2 rings (SSSR count). The van der Waals surface area contributed by atoms with E-state index in [2.05, 4.69) is 27.1 Å². The first-order valence-electron chi connectivity index (χ1n) is 5.86. The molecule has 1 aliphatic heterocycles. The molecule has 1 fully saturated rings. The van der Waals surface area contributed by atoms with Crippen LogP contribution in [0.15, 0.2) is 12.3 Å².